The molecule has 0 radical (unpaired) electrons. The Morgan fingerprint density at radius 2 is 2.36 bits per heavy atom. The monoisotopic (exact) mass is 196 g/mol. The van der Waals surface area contributed by atoms with Crippen LogP contribution in [0, 0.1) is 0 Å². The lowest BCUT2D eigenvalue weighted by atomic mass is 10.3. The first-order valence-corrected chi connectivity index (χ1v) is 4.24. The van der Waals surface area contributed by atoms with Gasteiger partial charge < -0.3 is 15.6 Å². The summed E-state index contributed by atoms with van der Waals surface area (Å²) in [5.74, 6) is -0.243. The molecule has 0 unspecified atom stereocenters. The number of hydrogen-bond donors (Lipinski definition) is 2. The molecule has 0 aliphatic rings. The molecular formula is C9H12N2O3. The van der Waals surface area contributed by atoms with Crippen LogP contribution in [-0.2, 0) is 0 Å². The lowest BCUT2D eigenvalue weighted by Gasteiger charge is -2.04. The van der Waals surface area contributed by atoms with Gasteiger partial charge in [0.05, 0.1) is 6.61 Å². The number of hydrogen-bond acceptors (Lipinski definition) is 4. The van der Waals surface area contributed by atoms with Crippen LogP contribution in [-0.4, -0.2) is 29.2 Å². The average Bonchev–Trinajstić information content (AvgIpc) is 2.19. The molecule has 0 saturated carbocycles. The number of aromatic nitrogens is 1. The maximum absolute atomic E-state index is 10.7. The molecule has 76 valence electrons. The molecule has 1 aromatic rings. The summed E-state index contributed by atoms with van der Waals surface area (Å²) in [5.41, 5.74) is 5.21. The molecule has 0 aromatic carbocycles. The van der Waals surface area contributed by atoms with Gasteiger partial charge in [0, 0.05) is 19.1 Å². The minimum atomic E-state index is -0.586. The molecule has 5 nitrogen and oxygen atoms in total. The van der Waals surface area contributed by atoms with Crippen LogP contribution in [0.4, 0.5) is 0 Å². The van der Waals surface area contributed by atoms with Crippen molar-refractivity contribution in [3.63, 3.8) is 0 Å². The van der Waals surface area contributed by atoms with Crippen LogP contribution < -0.4 is 10.5 Å². The number of carbonyl (C=O) groups is 1. The van der Waals surface area contributed by atoms with Gasteiger partial charge in [-0.1, -0.05) is 6.07 Å². The molecule has 1 heterocycles. The minimum Gasteiger partial charge on any atom is -0.478 e. The third-order valence-electron chi connectivity index (χ3n) is 1.53. The lowest BCUT2D eigenvalue weighted by Crippen LogP contribution is -2.13. The van der Waals surface area contributed by atoms with Gasteiger partial charge in [0.15, 0.2) is 0 Å². The molecule has 14 heavy (non-hydrogen) atoms. The van der Waals surface area contributed by atoms with E-state index in [0.717, 1.165) is 0 Å². The number of amides is 1. The molecule has 0 bridgehead atoms. The number of aliphatic hydroxyl groups is 1. The summed E-state index contributed by atoms with van der Waals surface area (Å²) in [6, 6.07) is 4.78. The van der Waals surface area contributed by atoms with E-state index in [1.165, 1.54) is 6.07 Å². The molecule has 0 aliphatic heterocycles. The summed E-state index contributed by atoms with van der Waals surface area (Å²) in [7, 11) is 0. The Morgan fingerprint density at radius 1 is 1.57 bits per heavy atom. The van der Waals surface area contributed by atoms with Crippen molar-refractivity contribution in [3.8, 4) is 5.88 Å². The average molecular weight is 196 g/mol. The minimum absolute atomic E-state index is 0.0650. The zero-order valence-corrected chi connectivity index (χ0v) is 7.64. The molecule has 0 atom stereocenters. The Bertz CT molecular complexity index is 315. The topological polar surface area (TPSA) is 85.4 Å². The third-order valence-corrected chi connectivity index (χ3v) is 1.53. The van der Waals surface area contributed by atoms with E-state index in [9.17, 15) is 4.79 Å². The van der Waals surface area contributed by atoms with E-state index in [0.29, 0.717) is 18.9 Å². The number of pyridine rings is 1. The Labute approximate surface area is 81.5 Å². The molecule has 5 heteroatoms. The van der Waals surface area contributed by atoms with Crippen molar-refractivity contribution in [3.05, 3.63) is 23.9 Å². The maximum atomic E-state index is 10.7. The number of primary amides is 1. The van der Waals surface area contributed by atoms with Crippen LogP contribution in [0.3, 0.4) is 0 Å². The molecule has 1 aromatic heterocycles. The highest BCUT2D eigenvalue weighted by molar-refractivity contribution is 5.90. The van der Waals surface area contributed by atoms with Crippen molar-refractivity contribution in [1.29, 1.82) is 0 Å². The zero-order valence-electron chi connectivity index (χ0n) is 7.64. The van der Waals surface area contributed by atoms with Crippen molar-refractivity contribution < 1.29 is 14.6 Å². The van der Waals surface area contributed by atoms with Crippen LogP contribution in [0.5, 0.6) is 5.88 Å². The predicted molar refractivity (Wildman–Crippen MR) is 50.0 cm³/mol. The van der Waals surface area contributed by atoms with Gasteiger partial charge in [0.2, 0.25) is 5.88 Å². The van der Waals surface area contributed by atoms with Gasteiger partial charge in [-0.25, -0.2) is 4.98 Å². The van der Waals surface area contributed by atoms with E-state index in [1.54, 1.807) is 12.1 Å². The molecule has 0 fully saturated rings. The molecule has 1 rings (SSSR count). The third kappa shape index (κ3) is 3.02. The highest BCUT2D eigenvalue weighted by Crippen LogP contribution is 2.07. The Hall–Kier alpha value is -1.62. The summed E-state index contributed by atoms with van der Waals surface area (Å²) >= 11 is 0. The molecule has 3 N–H and O–H groups in total. The Balaban J connectivity index is 2.59. The molecular weight excluding hydrogens is 184 g/mol. The fourth-order valence-electron chi connectivity index (χ4n) is 0.874. The second-order valence-corrected chi connectivity index (χ2v) is 2.65. The summed E-state index contributed by atoms with van der Waals surface area (Å²) in [6.07, 6.45) is 0.530. The van der Waals surface area contributed by atoms with E-state index < -0.39 is 5.91 Å². The maximum Gasteiger partial charge on any atom is 0.267 e. The molecule has 1 amide bonds. The molecule has 0 spiro atoms. The summed E-state index contributed by atoms with van der Waals surface area (Å²) in [4.78, 5) is 14.6. The van der Waals surface area contributed by atoms with E-state index in [1.807, 2.05) is 0 Å². The second-order valence-electron chi connectivity index (χ2n) is 2.65. The first-order valence-electron chi connectivity index (χ1n) is 4.24. The molecule has 0 saturated heterocycles. The zero-order chi connectivity index (χ0) is 10.4. The standard InChI is InChI=1S/C9H12N2O3/c10-9(13)7-3-1-4-8(11-7)14-6-2-5-12/h1,3-4,12H,2,5-6H2,(H2,10,13). The van der Waals surface area contributed by atoms with Gasteiger partial charge in [-0.2, -0.15) is 0 Å². The highest BCUT2D eigenvalue weighted by atomic mass is 16.5. The van der Waals surface area contributed by atoms with Gasteiger partial charge >= 0.3 is 0 Å². The quantitative estimate of drug-likeness (QED) is 0.646. The number of rotatable bonds is 5. The van der Waals surface area contributed by atoms with Gasteiger partial charge in [-0.3, -0.25) is 4.79 Å². The van der Waals surface area contributed by atoms with Crippen molar-refractivity contribution in [2.45, 2.75) is 6.42 Å². The van der Waals surface area contributed by atoms with Crippen molar-refractivity contribution >= 4 is 5.91 Å². The van der Waals surface area contributed by atoms with E-state index in [4.69, 9.17) is 15.6 Å². The summed E-state index contributed by atoms with van der Waals surface area (Å²) < 4.78 is 5.16. The van der Waals surface area contributed by atoms with Crippen LogP contribution in [0.2, 0.25) is 0 Å². The van der Waals surface area contributed by atoms with Gasteiger partial charge in [0.1, 0.15) is 5.69 Å². The van der Waals surface area contributed by atoms with Crippen molar-refractivity contribution in [2.24, 2.45) is 5.73 Å². The van der Waals surface area contributed by atoms with Gasteiger partial charge in [-0.15, -0.1) is 0 Å². The van der Waals surface area contributed by atoms with Crippen LogP contribution in [0.1, 0.15) is 16.9 Å². The Kier molecular flexibility index (Phi) is 3.87. The van der Waals surface area contributed by atoms with E-state index in [-0.39, 0.29) is 12.3 Å². The fraction of sp³-hybridized carbons (Fsp3) is 0.333. The summed E-state index contributed by atoms with van der Waals surface area (Å²) in [5, 5.41) is 8.51. The van der Waals surface area contributed by atoms with Crippen LogP contribution in [0.15, 0.2) is 18.2 Å². The second kappa shape index (κ2) is 5.18. The van der Waals surface area contributed by atoms with Gasteiger partial charge in [-0.05, 0) is 6.07 Å². The lowest BCUT2D eigenvalue weighted by molar-refractivity contribution is 0.0994. The van der Waals surface area contributed by atoms with Crippen LogP contribution >= 0.6 is 0 Å². The first kappa shape index (κ1) is 10.5. The number of ether oxygens (including phenoxy) is 1. The predicted octanol–water partition coefficient (Wildman–Crippen LogP) is -0.0583. The van der Waals surface area contributed by atoms with Gasteiger partial charge in [0.25, 0.3) is 5.91 Å². The first-order chi connectivity index (χ1) is 6.74. The summed E-state index contributed by atoms with van der Waals surface area (Å²) in [6.45, 7) is 0.432. The number of nitrogens with two attached hydrogens (primary N) is 1. The Morgan fingerprint density at radius 3 is 3.00 bits per heavy atom. The van der Waals surface area contributed by atoms with Crippen LogP contribution in [0.25, 0.3) is 0 Å². The van der Waals surface area contributed by atoms with E-state index in [2.05, 4.69) is 4.98 Å². The van der Waals surface area contributed by atoms with Crippen molar-refractivity contribution in [1.82, 2.24) is 4.98 Å². The number of carbonyl (C=O) groups excluding carboxylic acids is 1. The van der Waals surface area contributed by atoms with Crippen molar-refractivity contribution in [2.75, 3.05) is 13.2 Å². The van der Waals surface area contributed by atoms with E-state index >= 15 is 0 Å². The SMILES string of the molecule is NC(=O)c1cccc(OCCCO)n1. The number of nitrogens with zero attached hydrogens (tertiary/aromatic N) is 1. The highest BCUT2D eigenvalue weighted by Gasteiger charge is 2.02. The smallest absolute Gasteiger partial charge is 0.267 e. The number of aliphatic hydroxyl groups excluding tert-OH is 1. The largest absolute Gasteiger partial charge is 0.478 e. The normalized spacial score (nSPS) is 9.79. The molecule has 0 aliphatic carbocycles. The fourth-order valence-corrected chi connectivity index (χ4v) is 0.874.